The Morgan fingerprint density at radius 2 is 2.20 bits per heavy atom. The highest BCUT2D eigenvalue weighted by Gasteiger charge is 2.12. The number of aryl methyl sites for hydroxylation is 1. The molecule has 0 fully saturated rings. The number of ether oxygens (including phenoxy) is 1. The number of rotatable bonds is 5. The average molecular weight is 337 g/mol. The molecule has 1 N–H and O–H groups in total. The average Bonchev–Trinajstić information content (AvgIpc) is 2.88. The molecule has 0 atom stereocenters. The molecule has 1 heterocycles. The van der Waals surface area contributed by atoms with E-state index in [1.165, 1.54) is 0 Å². The Bertz CT molecular complexity index is 608. The molecule has 2 aromatic rings. The second-order valence-electron chi connectivity index (χ2n) is 4.52. The van der Waals surface area contributed by atoms with Crippen LogP contribution in [0, 0.1) is 6.92 Å². The van der Waals surface area contributed by atoms with Crippen molar-refractivity contribution in [1.29, 1.82) is 0 Å². The van der Waals surface area contributed by atoms with Gasteiger partial charge in [-0.3, -0.25) is 4.79 Å². The number of halogens is 1. The zero-order valence-corrected chi connectivity index (χ0v) is 13.1. The van der Waals surface area contributed by atoms with Gasteiger partial charge in [0.2, 0.25) is 0 Å². The molecule has 1 aromatic carbocycles. The molecule has 1 amide bonds. The van der Waals surface area contributed by atoms with Crippen molar-refractivity contribution in [2.45, 2.75) is 13.5 Å². The number of anilines is 1. The van der Waals surface area contributed by atoms with Crippen LogP contribution in [0.2, 0.25) is 0 Å². The fraction of sp³-hybridized carbons (Fsp3) is 0.267. The van der Waals surface area contributed by atoms with E-state index < -0.39 is 0 Å². The summed E-state index contributed by atoms with van der Waals surface area (Å²) in [7, 11) is 1.65. The van der Waals surface area contributed by atoms with Gasteiger partial charge >= 0.3 is 0 Å². The lowest BCUT2D eigenvalue weighted by atomic mass is 10.2. The van der Waals surface area contributed by atoms with Crippen LogP contribution in [0.1, 0.15) is 16.1 Å². The summed E-state index contributed by atoms with van der Waals surface area (Å²) in [5, 5.41) is 2.91. The smallest absolute Gasteiger partial charge is 0.272 e. The molecular formula is C15H17BrN2O2. The third-order valence-electron chi connectivity index (χ3n) is 2.97. The highest BCUT2D eigenvalue weighted by atomic mass is 79.9. The molecule has 0 saturated heterocycles. The van der Waals surface area contributed by atoms with Gasteiger partial charge in [0.1, 0.15) is 5.69 Å². The van der Waals surface area contributed by atoms with Crippen molar-refractivity contribution < 1.29 is 9.53 Å². The zero-order chi connectivity index (χ0) is 14.5. The third kappa shape index (κ3) is 3.49. The fourth-order valence-corrected chi connectivity index (χ4v) is 2.51. The topological polar surface area (TPSA) is 43.3 Å². The van der Waals surface area contributed by atoms with Crippen molar-refractivity contribution >= 4 is 27.5 Å². The Labute approximate surface area is 126 Å². The highest BCUT2D eigenvalue weighted by molar-refractivity contribution is 9.10. The molecule has 20 heavy (non-hydrogen) atoms. The number of hydrogen-bond donors (Lipinski definition) is 1. The summed E-state index contributed by atoms with van der Waals surface area (Å²) in [6.45, 7) is 3.23. The Balaban J connectivity index is 2.14. The Kier molecular flexibility index (Phi) is 4.98. The van der Waals surface area contributed by atoms with E-state index in [2.05, 4.69) is 21.2 Å². The van der Waals surface area contributed by atoms with Gasteiger partial charge < -0.3 is 14.6 Å². The molecule has 5 heteroatoms. The maximum Gasteiger partial charge on any atom is 0.272 e. The van der Waals surface area contributed by atoms with Crippen LogP contribution in [0.15, 0.2) is 41.0 Å². The maximum absolute atomic E-state index is 12.3. The summed E-state index contributed by atoms with van der Waals surface area (Å²) in [5.74, 6) is -0.129. The van der Waals surface area contributed by atoms with Crippen LogP contribution in [-0.2, 0) is 11.3 Å². The van der Waals surface area contributed by atoms with E-state index in [9.17, 15) is 4.79 Å². The predicted octanol–water partition coefficient (Wildman–Crippen LogP) is 3.46. The molecule has 106 valence electrons. The molecule has 4 nitrogen and oxygen atoms in total. The van der Waals surface area contributed by atoms with Gasteiger partial charge in [-0.15, -0.1) is 0 Å². The van der Waals surface area contributed by atoms with Gasteiger partial charge in [0.05, 0.1) is 12.3 Å². The summed E-state index contributed by atoms with van der Waals surface area (Å²) in [4.78, 5) is 12.3. The van der Waals surface area contributed by atoms with E-state index in [-0.39, 0.29) is 5.91 Å². The Morgan fingerprint density at radius 1 is 1.40 bits per heavy atom. The third-order valence-corrected chi connectivity index (χ3v) is 3.63. The second-order valence-corrected chi connectivity index (χ2v) is 5.37. The molecule has 0 bridgehead atoms. The number of amides is 1. The van der Waals surface area contributed by atoms with Gasteiger partial charge in [-0.2, -0.15) is 0 Å². The standard InChI is InChI=1S/C15H17BrN2O2/c1-11-5-6-13(12(16)10-11)17-15(19)14-4-3-7-18(14)8-9-20-2/h3-7,10H,8-9H2,1-2H3,(H,17,19). The van der Waals surface area contributed by atoms with Crippen molar-refractivity contribution in [3.8, 4) is 0 Å². The fourth-order valence-electron chi connectivity index (χ4n) is 1.91. The van der Waals surface area contributed by atoms with Gasteiger partial charge in [-0.25, -0.2) is 0 Å². The van der Waals surface area contributed by atoms with Gasteiger partial charge in [-0.05, 0) is 52.7 Å². The van der Waals surface area contributed by atoms with E-state index in [4.69, 9.17) is 4.74 Å². The number of aromatic nitrogens is 1. The summed E-state index contributed by atoms with van der Waals surface area (Å²) in [6, 6.07) is 9.48. The normalized spacial score (nSPS) is 10.6. The van der Waals surface area contributed by atoms with E-state index in [0.29, 0.717) is 18.8 Å². The number of nitrogens with one attached hydrogen (secondary N) is 1. The minimum absolute atomic E-state index is 0.129. The predicted molar refractivity (Wildman–Crippen MR) is 83.1 cm³/mol. The lowest BCUT2D eigenvalue weighted by Crippen LogP contribution is -2.18. The van der Waals surface area contributed by atoms with Crippen LogP contribution in [-0.4, -0.2) is 24.2 Å². The van der Waals surface area contributed by atoms with E-state index >= 15 is 0 Å². The van der Waals surface area contributed by atoms with E-state index in [1.807, 2.05) is 42.0 Å². The van der Waals surface area contributed by atoms with Gasteiger partial charge in [0.25, 0.3) is 5.91 Å². The minimum atomic E-state index is -0.129. The molecule has 0 saturated carbocycles. The monoisotopic (exact) mass is 336 g/mol. The minimum Gasteiger partial charge on any atom is -0.383 e. The van der Waals surface area contributed by atoms with Crippen LogP contribution in [0.5, 0.6) is 0 Å². The quantitative estimate of drug-likeness (QED) is 0.908. The number of carbonyl (C=O) groups is 1. The van der Waals surface area contributed by atoms with Crippen LogP contribution in [0.3, 0.4) is 0 Å². The van der Waals surface area contributed by atoms with Crippen molar-refractivity contribution in [2.24, 2.45) is 0 Å². The number of carbonyl (C=O) groups excluding carboxylic acids is 1. The summed E-state index contributed by atoms with van der Waals surface area (Å²) in [5.41, 5.74) is 2.52. The van der Waals surface area contributed by atoms with E-state index in [0.717, 1.165) is 15.7 Å². The first-order valence-electron chi connectivity index (χ1n) is 6.33. The van der Waals surface area contributed by atoms with Crippen LogP contribution >= 0.6 is 15.9 Å². The Hall–Kier alpha value is -1.59. The van der Waals surface area contributed by atoms with Crippen LogP contribution in [0.25, 0.3) is 0 Å². The molecule has 2 rings (SSSR count). The number of nitrogens with zero attached hydrogens (tertiary/aromatic N) is 1. The zero-order valence-electron chi connectivity index (χ0n) is 11.5. The number of methoxy groups -OCH3 is 1. The lowest BCUT2D eigenvalue weighted by molar-refractivity contribution is 0.101. The first-order chi connectivity index (χ1) is 9.61. The number of benzene rings is 1. The Morgan fingerprint density at radius 3 is 2.90 bits per heavy atom. The van der Waals surface area contributed by atoms with Gasteiger partial charge in [0.15, 0.2) is 0 Å². The maximum atomic E-state index is 12.3. The van der Waals surface area contributed by atoms with Crippen molar-refractivity contribution in [3.63, 3.8) is 0 Å². The van der Waals surface area contributed by atoms with Crippen LogP contribution in [0.4, 0.5) is 5.69 Å². The van der Waals surface area contributed by atoms with Crippen molar-refractivity contribution in [3.05, 3.63) is 52.3 Å². The van der Waals surface area contributed by atoms with E-state index in [1.54, 1.807) is 13.2 Å². The van der Waals surface area contributed by atoms with Crippen molar-refractivity contribution in [2.75, 3.05) is 19.0 Å². The largest absolute Gasteiger partial charge is 0.383 e. The molecule has 0 aliphatic heterocycles. The van der Waals surface area contributed by atoms with Crippen LogP contribution < -0.4 is 5.32 Å². The molecule has 0 aliphatic rings. The van der Waals surface area contributed by atoms with Crippen molar-refractivity contribution in [1.82, 2.24) is 4.57 Å². The first kappa shape index (κ1) is 14.8. The number of hydrogen-bond acceptors (Lipinski definition) is 2. The highest BCUT2D eigenvalue weighted by Crippen LogP contribution is 2.24. The summed E-state index contributed by atoms with van der Waals surface area (Å²) < 4.78 is 7.79. The second kappa shape index (κ2) is 6.72. The SMILES string of the molecule is COCCn1cccc1C(=O)Nc1ccc(C)cc1Br. The van der Waals surface area contributed by atoms with Gasteiger partial charge in [-0.1, -0.05) is 6.07 Å². The molecule has 0 spiro atoms. The molecule has 0 aliphatic carbocycles. The molecular weight excluding hydrogens is 320 g/mol. The summed E-state index contributed by atoms with van der Waals surface area (Å²) >= 11 is 3.46. The lowest BCUT2D eigenvalue weighted by Gasteiger charge is -2.11. The molecule has 0 radical (unpaired) electrons. The summed E-state index contributed by atoms with van der Waals surface area (Å²) in [6.07, 6.45) is 1.87. The molecule has 0 unspecified atom stereocenters. The molecule has 1 aromatic heterocycles. The first-order valence-corrected chi connectivity index (χ1v) is 7.12. The van der Waals surface area contributed by atoms with Gasteiger partial charge in [0, 0.05) is 24.3 Å².